The van der Waals surface area contributed by atoms with Crippen molar-refractivity contribution in [2.24, 2.45) is 5.92 Å². The van der Waals surface area contributed by atoms with Crippen LogP contribution in [0.4, 0.5) is 0 Å². The Morgan fingerprint density at radius 1 is 1.29 bits per heavy atom. The van der Waals surface area contributed by atoms with E-state index in [4.69, 9.17) is 5.11 Å². The van der Waals surface area contributed by atoms with Gasteiger partial charge in [-0.05, 0) is 32.6 Å². The molecule has 0 unspecified atom stereocenters. The van der Waals surface area contributed by atoms with E-state index in [1.807, 2.05) is 0 Å². The second-order valence-corrected chi connectivity index (χ2v) is 3.71. The van der Waals surface area contributed by atoms with Gasteiger partial charge in [0, 0.05) is 17.7 Å². The van der Waals surface area contributed by atoms with E-state index in [2.05, 4.69) is 5.32 Å². The summed E-state index contributed by atoms with van der Waals surface area (Å²) in [6.07, 6.45) is 2.34. The molecule has 1 rings (SSSR count). The van der Waals surface area contributed by atoms with Crippen molar-refractivity contribution in [3.05, 3.63) is 11.1 Å². The molecule has 4 nitrogen and oxygen atoms in total. The van der Waals surface area contributed by atoms with Gasteiger partial charge in [-0.3, -0.25) is 4.79 Å². The van der Waals surface area contributed by atoms with E-state index < -0.39 is 5.97 Å². The van der Waals surface area contributed by atoms with E-state index in [0.717, 1.165) is 0 Å². The van der Waals surface area contributed by atoms with Crippen LogP contribution in [0, 0.1) is 5.92 Å². The van der Waals surface area contributed by atoms with Crippen LogP contribution in [0.5, 0.6) is 0 Å². The van der Waals surface area contributed by atoms with Crippen molar-refractivity contribution in [3.8, 4) is 0 Å². The van der Waals surface area contributed by atoms with Crippen molar-refractivity contribution in [1.82, 2.24) is 5.32 Å². The summed E-state index contributed by atoms with van der Waals surface area (Å²) in [5.74, 6) is -0.697. The normalized spacial score (nSPS) is 17.3. The predicted molar refractivity (Wildman–Crippen MR) is 51.7 cm³/mol. The molecule has 1 amide bonds. The average Bonchev–Trinajstić information content (AvgIpc) is 2.95. The molecule has 1 fully saturated rings. The molecule has 0 spiro atoms. The fourth-order valence-corrected chi connectivity index (χ4v) is 1.02. The number of rotatable bonds is 4. The highest BCUT2D eigenvalue weighted by atomic mass is 16.4. The molecular weight excluding hydrogens is 182 g/mol. The zero-order valence-electron chi connectivity index (χ0n) is 8.46. The summed E-state index contributed by atoms with van der Waals surface area (Å²) in [7, 11) is 0. The quantitative estimate of drug-likeness (QED) is 0.659. The van der Waals surface area contributed by atoms with Crippen molar-refractivity contribution in [2.45, 2.75) is 26.7 Å². The Balaban J connectivity index is 2.49. The number of carbonyl (C=O) groups excluding carboxylic acids is 1. The first-order chi connectivity index (χ1) is 6.52. The molecule has 1 saturated carbocycles. The minimum Gasteiger partial charge on any atom is -0.478 e. The maximum Gasteiger partial charge on any atom is 0.331 e. The largest absolute Gasteiger partial charge is 0.478 e. The van der Waals surface area contributed by atoms with Crippen LogP contribution in [0.25, 0.3) is 0 Å². The first kappa shape index (κ1) is 10.8. The van der Waals surface area contributed by atoms with Gasteiger partial charge >= 0.3 is 5.97 Å². The van der Waals surface area contributed by atoms with Crippen molar-refractivity contribution in [3.63, 3.8) is 0 Å². The maximum absolute atomic E-state index is 11.4. The number of hydrogen-bond acceptors (Lipinski definition) is 2. The molecule has 2 N–H and O–H groups in total. The first-order valence-corrected chi connectivity index (χ1v) is 4.71. The lowest BCUT2D eigenvalue weighted by Crippen LogP contribution is -2.27. The summed E-state index contributed by atoms with van der Waals surface area (Å²) < 4.78 is 0. The van der Waals surface area contributed by atoms with E-state index in [-0.39, 0.29) is 17.1 Å². The van der Waals surface area contributed by atoms with Crippen LogP contribution >= 0.6 is 0 Å². The van der Waals surface area contributed by atoms with Crippen LogP contribution in [-0.2, 0) is 9.59 Å². The molecular formula is C10H15NO3. The van der Waals surface area contributed by atoms with Gasteiger partial charge < -0.3 is 10.4 Å². The van der Waals surface area contributed by atoms with Crippen molar-refractivity contribution in [1.29, 1.82) is 0 Å². The lowest BCUT2D eigenvalue weighted by molar-refractivity contribution is -0.133. The Kier molecular flexibility index (Phi) is 3.28. The molecule has 0 saturated heterocycles. The molecule has 1 aliphatic rings. The molecule has 14 heavy (non-hydrogen) atoms. The molecule has 0 aromatic carbocycles. The maximum atomic E-state index is 11.4. The van der Waals surface area contributed by atoms with Gasteiger partial charge in [-0.15, -0.1) is 0 Å². The molecule has 0 aromatic rings. The van der Waals surface area contributed by atoms with E-state index in [0.29, 0.717) is 12.5 Å². The number of carboxylic acids is 1. The topological polar surface area (TPSA) is 66.4 Å². The van der Waals surface area contributed by atoms with Crippen LogP contribution in [-0.4, -0.2) is 23.5 Å². The second kappa shape index (κ2) is 4.26. The highest BCUT2D eigenvalue weighted by Crippen LogP contribution is 2.27. The monoisotopic (exact) mass is 197 g/mol. The summed E-state index contributed by atoms with van der Waals surface area (Å²) in [5, 5.41) is 11.4. The smallest absolute Gasteiger partial charge is 0.331 e. The third kappa shape index (κ3) is 2.87. The number of carboxylic acid groups (broad SMARTS) is 1. The number of aliphatic carboxylic acids is 1. The first-order valence-electron chi connectivity index (χ1n) is 4.71. The fourth-order valence-electron chi connectivity index (χ4n) is 1.02. The number of amides is 1. The van der Waals surface area contributed by atoms with E-state index >= 15 is 0 Å². The van der Waals surface area contributed by atoms with Gasteiger partial charge in [0.15, 0.2) is 0 Å². The molecule has 0 aromatic heterocycles. The zero-order valence-corrected chi connectivity index (χ0v) is 8.46. The van der Waals surface area contributed by atoms with Gasteiger partial charge in [0.1, 0.15) is 0 Å². The number of hydrogen-bond donors (Lipinski definition) is 2. The van der Waals surface area contributed by atoms with E-state index in [1.54, 1.807) is 0 Å². The van der Waals surface area contributed by atoms with Gasteiger partial charge in [0.2, 0.25) is 5.91 Å². The molecule has 0 radical (unpaired) electrons. The predicted octanol–water partition coefficient (Wildman–Crippen LogP) is 0.934. The Labute approximate surface area is 83.0 Å². The third-order valence-electron chi connectivity index (χ3n) is 2.47. The summed E-state index contributed by atoms with van der Waals surface area (Å²) in [6, 6.07) is 0. The van der Waals surface area contributed by atoms with E-state index in [1.165, 1.54) is 26.7 Å². The van der Waals surface area contributed by atoms with Gasteiger partial charge in [-0.1, -0.05) is 0 Å². The average molecular weight is 197 g/mol. The van der Waals surface area contributed by atoms with Gasteiger partial charge in [0.25, 0.3) is 0 Å². The third-order valence-corrected chi connectivity index (χ3v) is 2.47. The Morgan fingerprint density at radius 3 is 2.29 bits per heavy atom. The minimum absolute atomic E-state index is 0.110. The van der Waals surface area contributed by atoms with Crippen LogP contribution < -0.4 is 5.32 Å². The Hall–Kier alpha value is -1.32. The standard InChI is InChI=1S/C10H15NO3/c1-6(7(2)10(13)14)9(12)11-5-8-3-4-8/h8H,3-5H2,1-2H3,(H,11,12)(H,13,14). The SMILES string of the molecule is CC(C(=O)O)=C(C)C(=O)NCC1CC1. The lowest BCUT2D eigenvalue weighted by Gasteiger charge is -2.05. The summed E-state index contributed by atoms with van der Waals surface area (Å²) in [5.41, 5.74) is 0.399. The molecule has 0 heterocycles. The number of nitrogens with one attached hydrogen (secondary N) is 1. The molecule has 0 aliphatic heterocycles. The van der Waals surface area contributed by atoms with Crippen molar-refractivity contribution in [2.75, 3.05) is 6.54 Å². The Morgan fingerprint density at radius 2 is 1.86 bits per heavy atom. The van der Waals surface area contributed by atoms with Gasteiger partial charge in [0.05, 0.1) is 0 Å². The number of carbonyl (C=O) groups is 2. The van der Waals surface area contributed by atoms with Crippen LogP contribution in [0.2, 0.25) is 0 Å². The summed E-state index contributed by atoms with van der Waals surface area (Å²) >= 11 is 0. The molecule has 78 valence electrons. The summed E-state index contributed by atoms with van der Waals surface area (Å²) in [6.45, 7) is 3.64. The molecule has 0 bridgehead atoms. The second-order valence-electron chi connectivity index (χ2n) is 3.71. The van der Waals surface area contributed by atoms with Gasteiger partial charge in [-0.2, -0.15) is 0 Å². The minimum atomic E-state index is -1.04. The van der Waals surface area contributed by atoms with Crippen LogP contribution in [0.3, 0.4) is 0 Å². The highest BCUT2D eigenvalue weighted by molar-refractivity contribution is 6.01. The Bertz CT molecular complexity index is 290. The van der Waals surface area contributed by atoms with E-state index in [9.17, 15) is 9.59 Å². The zero-order chi connectivity index (χ0) is 10.7. The molecule has 4 heteroatoms. The van der Waals surface area contributed by atoms with Crippen LogP contribution in [0.15, 0.2) is 11.1 Å². The molecule has 0 atom stereocenters. The molecule has 1 aliphatic carbocycles. The van der Waals surface area contributed by atoms with Crippen molar-refractivity contribution < 1.29 is 14.7 Å². The van der Waals surface area contributed by atoms with Crippen LogP contribution in [0.1, 0.15) is 26.7 Å². The lowest BCUT2D eigenvalue weighted by atomic mass is 10.1. The van der Waals surface area contributed by atoms with Gasteiger partial charge in [-0.25, -0.2) is 4.79 Å². The summed E-state index contributed by atoms with van der Waals surface area (Å²) in [4.78, 5) is 21.9. The van der Waals surface area contributed by atoms with Crippen molar-refractivity contribution >= 4 is 11.9 Å². The fraction of sp³-hybridized carbons (Fsp3) is 0.600. The highest BCUT2D eigenvalue weighted by Gasteiger charge is 2.22.